The summed E-state index contributed by atoms with van der Waals surface area (Å²) in [7, 11) is 4.77. The Hall–Kier alpha value is -3.61. The van der Waals surface area contributed by atoms with E-state index in [1.807, 2.05) is 31.2 Å². The van der Waals surface area contributed by atoms with Crippen molar-refractivity contribution in [3.8, 4) is 23.0 Å². The van der Waals surface area contributed by atoms with Crippen molar-refractivity contribution < 1.29 is 28.2 Å². The Balaban J connectivity index is 1.63. The molecule has 0 radical (unpaired) electrons. The highest BCUT2D eigenvalue weighted by Crippen LogP contribution is 2.29. The molecule has 0 spiro atoms. The van der Waals surface area contributed by atoms with Crippen LogP contribution in [0.2, 0.25) is 0 Å². The fourth-order valence-electron chi connectivity index (χ4n) is 2.95. The minimum atomic E-state index is -0.333. The number of benzene rings is 2. The number of ether oxygens (including phenoxy) is 4. The van der Waals surface area contributed by atoms with Crippen LogP contribution in [0.3, 0.4) is 0 Å². The highest BCUT2D eigenvalue weighted by molar-refractivity contribution is 5.91. The van der Waals surface area contributed by atoms with E-state index in [1.165, 1.54) is 0 Å². The van der Waals surface area contributed by atoms with Crippen LogP contribution in [0.5, 0.6) is 23.0 Å². The Labute approximate surface area is 175 Å². The first-order valence-electron chi connectivity index (χ1n) is 9.42. The lowest BCUT2D eigenvalue weighted by Crippen LogP contribution is -2.26. The van der Waals surface area contributed by atoms with E-state index in [4.69, 9.17) is 23.4 Å². The minimum Gasteiger partial charge on any atom is -0.497 e. The Bertz CT molecular complexity index is 997. The van der Waals surface area contributed by atoms with Crippen LogP contribution in [0.1, 0.15) is 34.8 Å². The molecule has 0 aliphatic rings. The Morgan fingerprint density at radius 2 is 1.67 bits per heavy atom. The number of hydrogen-bond acceptors (Lipinski definition) is 6. The summed E-state index contributed by atoms with van der Waals surface area (Å²) in [4.78, 5) is 12.6. The molecule has 1 aromatic heterocycles. The van der Waals surface area contributed by atoms with Crippen molar-refractivity contribution in [2.24, 2.45) is 0 Å². The van der Waals surface area contributed by atoms with Crippen molar-refractivity contribution in [1.82, 2.24) is 5.32 Å². The standard InChI is InChI=1S/C23H25NO6/c1-15(20-13-17(27-3)8-10-21(20)28-4)24-23(25)22-11-9-19(30-22)14-29-18-7-5-6-16(12-18)26-2/h5-13,15H,14H2,1-4H3,(H,24,25). The molecule has 1 heterocycles. The molecule has 0 bridgehead atoms. The van der Waals surface area contributed by atoms with Crippen molar-refractivity contribution in [3.05, 3.63) is 71.7 Å². The molecular formula is C23H25NO6. The first kappa shape index (κ1) is 21.1. The van der Waals surface area contributed by atoms with Gasteiger partial charge in [0.05, 0.1) is 27.4 Å². The number of rotatable bonds is 9. The van der Waals surface area contributed by atoms with Crippen molar-refractivity contribution in [1.29, 1.82) is 0 Å². The molecule has 0 saturated heterocycles. The van der Waals surface area contributed by atoms with Crippen LogP contribution in [0.25, 0.3) is 0 Å². The average molecular weight is 411 g/mol. The van der Waals surface area contributed by atoms with Crippen LogP contribution in [0.15, 0.2) is 59.0 Å². The van der Waals surface area contributed by atoms with Crippen molar-refractivity contribution in [2.45, 2.75) is 19.6 Å². The highest BCUT2D eigenvalue weighted by atomic mass is 16.5. The summed E-state index contributed by atoms with van der Waals surface area (Å²) < 4.78 is 27.2. The van der Waals surface area contributed by atoms with Crippen LogP contribution in [0.4, 0.5) is 0 Å². The lowest BCUT2D eigenvalue weighted by Gasteiger charge is -2.17. The van der Waals surface area contributed by atoms with Gasteiger partial charge in [0.15, 0.2) is 5.76 Å². The maximum Gasteiger partial charge on any atom is 0.287 e. The summed E-state index contributed by atoms with van der Waals surface area (Å²) in [5.41, 5.74) is 0.804. The first-order chi connectivity index (χ1) is 14.5. The molecule has 1 atom stereocenters. The number of carbonyl (C=O) groups excluding carboxylic acids is 1. The van der Waals surface area contributed by atoms with Gasteiger partial charge in [-0.25, -0.2) is 0 Å². The summed E-state index contributed by atoms with van der Waals surface area (Å²) in [5.74, 6) is 3.10. The maximum atomic E-state index is 12.6. The van der Waals surface area contributed by atoms with Gasteiger partial charge >= 0.3 is 0 Å². The smallest absolute Gasteiger partial charge is 0.287 e. The second-order valence-electron chi connectivity index (χ2n) is 6.54. The largest absolute Gasteiger partial charge is 0.497 e. The third-order valence-electron chi connectivity index (χ3n) is 4.56. The minimum absolute atomic E-state index is 0.194. The van der Waals surface area contributed by atoms with Crippen molar-refractivity contribution in [3.63, 3.8) is 0 Å². The molecular weight excluding hydrogens is 386 g/mol. The normalized spacial score (nSPS) is 11.5. The summed E-state index contributed by atoms with van der Waals surface area (Å²) in [6.07, 6.45) is 0. The quantitative estimate of drug-likeness (QED) is 0.563. The number of furan rings is 1. The van der Waals surface area contributed by atoms with Crippen LogP contribution in [-0.2, 0) is 6.61 Å². The zero-order chi connectivity index (χ0) is 21.5. The van der Waals surface area contributed by atoms with E-state index in [0.717, 1.165) is 5.56 Å². The van der Waals surface area contributed by atoms with E-state index in [-0.39, 0.29) is 24.3 Å². The van der Waals surface area contributed by atoms with E-state index in [1.54, 1.807) is 51.7 Å². The summed E-state index contributed by atoms with van der Waals surface area (Å²) >= 11 is 0. The lowest BCUT2D eigenvalue weighted by molar-refractivity contribution is 0.0907. The van der Waals surface area contributed by atoms with Gasteiger partial charge in [0.1, 0.15) is 35.4 Å². The van der Waals surface area contributed by atoms with E-state index in [0.29, 0.717) is 28.8 Å². The van der Waals surface area contributed by atoms with Gasteiger partial charge in [-0.3, -0.25) is 4.79 Å². The maximum absolute atomic E-state index is 12.6. The zero-order valence-corrected chi connectivity index (χ0v) is 17.4. The topological polar surface area (TPSA) is 79.2 Å². The molecule has 0 aliphatic carbocycles. The van der Waals surface area contributed by atoms with Gasteiger partial charge in [-0.15, -0.1) is 0 Å². The van der Waals surface area contributed by atoms with E-state index >= 15 is 0 Å². The molecule has 0 saturated carbocycles. The van der Waals surface area contributed by atoms with Gasteiger partial charge in [-0.1, -0.05) is 6.07 Å². The Morgan fingerprint density at radius 3 is 2.40 bits per heavy atom. The van der Waals surface area contributed by atoms with Crippen LogP contribution in [-0.4, -0.2) is 27.2 Å². The predicted octanol–water partition coefficient (Wildman–Crippen LogP) is 4.38. The molecule has 158 valence electrons. The number of nitrogens with one attached hydrogen (secondary N) is 1. The fourth-order valence-corrected chi connectivity index (χ4v) is 2.95. The Kier molecular flexibility index (Phi) is 6.85. The third-order valence-corrected chi connectivity index (χ3v) is 4.56. The molecule has 7 nitrogen and oxygen atoms in total. The van der Waals surface area contributed by atoms with Crippen LogP contribution < -0.4 is 24.3 Å². The molecule has 1 N–H and O–H groups in total. The van der Waals surface area contributed by atoms with E-state index in [2.05, 4.69) is 5.32 Å². The van der Waals surface area contributed by atoms with Gasteiger partial charge in [0, 0.05) is 11.6 Å². The lowest BCUT2D eigenvalue weighted by atomic mass is 10.1. The number of amides is 1. The third kappa shape index (κ3) is 5.05. The second kappa shape index (κ2) is 9.73. The summed E-state index contributed by atoms with van der Waals surface area (Å²) in [5, 5.41) is 2.92. The van der Waals surface area contributed by atoms with Crippen molar-refractivity contribution in [2.75, 3.05) is 21.3 Å². The second-order valence-corrected chi connectivity index (χ2v) is 6.54. The van der Waals surface area contributed by atoms with Gasteiger partial charge in [-0.05, 0) is 49.4 Å². The average Bonchev–Trinajstić information content (AvgIpc) is 3.26. The van der Waals surface area contributed by atoms with Gasteiger partial charge in [-0.2, -0.15) is 0 Å². The molecule has 0 aliphatic heterocycles. The molecule has 1 amide bonds. The van der Waals surface area contributed by atoms with E-state index in [9.17, 15) is 4.79 Å². The van der Waals surface area contributed by atoms with E-state index < -0.39 is 0 Å². The molecule has 3 aromatic rings. The first-order valence-corrected chi connectivity index (χ1v) is 9.42. The monoisotopic (exact) mass is 411 g/mol. The predicted molar refractivity (Wildman–Crippen MR) is 111 cm³/mol. The number of methoxy groups -OCH3 is 3. The number of carbonyl (C=O) groups is 1. The van der Waals surface area contributed by atoms with Gasteiger partial charge in [0.25, 0.3) is 5.91 Å². The fraction of sp³-hybridized carbons (Fsp3) is 0.261. The van der Waals surface area contributed by atoms with Gasteiger partial charge < -0.3 is 28.7 Å². The van der Waals surface area contributed by atoms with Crippen molar-refractivity contribution >= 4 is 5.91 Å². The zero-order valence-electron chi connectivity index (χ0n) is 17.4. The molecule has 7 heteroatoms. The SMILES string of the molecule is COc1cccc(OCc2ccc(C(=O)NC(C)c3cc(OC)ccc3OC)o2)c1. The van der Waals surface area contributed by atoms with Gasteiger partial charge in [0.2, 0.25) is 0 Å². The van der Waals surface area contributed by atoms with Crippen LogP contribution >= 0.6 is 0 Å². The van der Waals surface area contributed by atoms with Crippen LogP contribution in [0, 0.1) is 0 Å². The molecule has 3 rings (SSSR count). The molecule has 2 aromatic carbocycles. The summed E-state index contributed by atoms with van der Waals surface area (Å²) in [6.45, 7) is 2.06. The summed E-state index contributed by atoms with van der Waals surface area (Å²) in [6, 6.07) is 15.7. The molecule has 30 heavy (non-hydrogen) atoms. The number of hydrogen-bond donors (Lipinski definition) is 1. The molecule has 0 fully saturated rings. The highest BCUT2D eigenvalue weighted by Gasteiger charge is 2.18. The Morgan fingerprint density at radius 1 is 0.933 bits per heavy atom. The molecule has 1 unspecified atom stereocenters.